The summed E-state index contributed by atoms with van der Waals surface area (Å²) in [5.41, 5.74) is 2.78. The quantitative estimate of drug-likeness (QED) is 0.835. The Labute approximate surface area is 130 Å². The van der Waals surface area contributed by atoms with Crippen LogP contribution in [-0.2, 0) is 0 Å². The summed E-state index contributed by atoms with van der Waals surface area (Å²) < 4.78 is 0. The van der Waals surface area contributed by atoms with Crippen molar-refractivity contribution in [1.29, 1.82) is 0 Å². The minimum absolute atomic E-state index is 0.00941. The molecule has 5 heteroatoms. The molecule has 1 aliphatic carbocycles. The second-order valence-electron chi connectivity index (χ2n) is 5.90. The average Bonchev–Trinajstić information content (AvgIpc) is 3.16. The summed E-state index contributed by atoms with van der Waals surface area (Å²) in [4.78, 5) is 12.2. The molecule has 0 spiro atoms. The maximum Gasteiger partial charge on any atom is 0.251 e. The highest BCUT2D eigenvalue weighted by molar-refractivity contribution is 5.95. The van der Waals surface area contributed by atoms with Crippen molar-refractivity contribution in [3.05, 3.63) is 42.0 Å². The van der Waals surface area contributed by atoms with Crippen LogP contribution in [0, 0.1) is 5.92 Å². The Kier molecular flexibility index (Phi) is 4.24. The number of hydrogen-bond acceptors (Lipinski definition) is 4. The minimum atomic E-state index is -0.0825. The van der Waals surface area contributed by atoms with Crippen LogP contribution in [0.25, 0.3) is 0 Å². The molecule has 2 N–H and O–H groups in total. The molecular formula is C17H21N3O2. The fourth-order valence-corrected chi connectivity index (χ4v) is 2.81. The fourth-order valence-electron chi connectivity index (χ4n) is 2.81. The lowest BCUT2D eigenvalue weighted by Gasteiger charge is -2.15. The topological polar surface area (TPSA) is 64.9 Å². The van der Waals surface area contributed by atoms with Gasteiger partial charge in [0.15, 0.2) is 0 Å². The molecule has 0 bridgehead atoms. The molecule has 0 saturated heterocycles. The van der Waals surface area contributed by atoms with Gasteiger partial charge in [0, 0.05) is 42.8 Å². The Hall–Kier alpha value is -2.14. The van der Waals surface area contributed by atoms with Crippen molar-refractivity contribution in [3.63, 3.8) is 0 Å². The number of amides is 1. The number of aliphatic hydroxyl groups excluding tert-OH is 1. The Morgan fingerprint density at radius 1 is 1.36 bits per heavy atom. The summed E-state index contributed by atoms with van der Waals surface area (Å²) in [5.74, 6) is 0.0739. The number of hydrazone groups is 1. The number of nitrogens with one attached hydrogen (secondary N) is 1. The van der Waals surface area contributed by atoms with E-state index in [0.29, 0.717) is 5.56 Å². The highest BCUT2D eigenvalue weighted by Gasteiger charge is 2.20. The van der Waals surface area contributed by atoms with E-state index in [-0.39, 0.29) is 24.5 Å². The number of anilines is 1. The highest BCUT2D eigenvalue weighted by Crippen LogP contribution is 2.21. The van der Waals surface area contributed by atoms with Gasteiger partial charge in [-0.3, -0.25) is 9.80 Å². The van der Waals surface area contributed by atoms with Gasteiger partial charge in [-0.25, -0.2) is 0 Å². The zero-order valence-electron chi connectivity index (χ0n) is 12.7. The molecule has 1 amide bonds. The minimum Gasteiger partial charge on any atom is -0.396 e. The number of hydrogen-bond donors (Lipinski definition) is 2. The molecule has 1 aromatic rings. The van der Waals surface area contributed by atoms with E-state index in [9.17, 15) is 4.79 Å². The molecule has 5 nitrogen and oxygen atoms in total. The van der Waals surface area contributed by atoms with E-state index in [1.54, 1.807) is 0 Å². The second kappa shape index (κ2) is 6.32. The third-order valence-corrected chi connectivity index (χ3v) is 4.13. The number of nitrogens with zero attached hydrogens (tertiary/aromatic N) is 2. The van der Waals surface area contributed by atoms with E-state index in [4.69, 9.17) is 5.11 Å². The van der Waals surface area contributed by atoms with Crippen LogP contribution in [0.2, 0.25) is 0 Å². The normalized spacial score (nSPS) is 23.7. The lowest BCUT2D eigenvalue weighted by atomic mass is 10.1. The van der Waals surface area contributed by atoms with Crippen molar-refractivity contribution in [1.82, 2.24) is 5.32 Å². The van der Waals surface area contributed by atoms with Crippen molar-refractivity contribution in [2.75, 3.05) is 18.2 Å². The SMILES string of the molecule is CC1=NN(c2ccc(C(=O)N[C@@H]3C=C[C@H](CO)C3)cc2)CC1. The second-order valence-corrected chi connectivity index (χ2v) is 5.90. The van der Waals surface area contributed by atoms with Gasteiger partial charge in [-0.15, -0.1) is 0 Å². The number of carbonyl (C=O) groups is 1. The van der Waals surface area contributed by atoms with Gasteiger partial charge in [0.05, 0.1) is 5.69 Å². The lowest BCUT2D eigenvalue weighted by molar-refractivity contribution is 0.0941. The van der Waals surface area contributed by atoms with Crippen LogP contribution in [-0.4, -0.2) is 35.9 Å². The predicted molar refractivity (Wildman–Crippen MR) is 87.1 cm³/mol. The van der Waals surface area contributed by atoms with Crippen LogP contribution in [0.5, 0.6) is 0 Å². The van der Waals surface area contributed by atoms with Gasteiger partial charge in [-0.05, 0) is 37.6 Å². The third kappa shape index (κ3) is 3.20. The van der Waals surface area contributed by atoms with E-state index < -0.39 is 0 Å². The van der Waals surface area contributed by atoms with Crippen molar-refractivity contribution in [2.24, 2.45) is 11.0 Å². The molecule has 116 valence electrons. The summed E-state index contributed by atoms with van der Waals surface area (Å²) in [6.45, 7) is 3.05. The number of benzene rings is 1. The monoisotopic (exact) mass is 299 g/mol. The number of aliphatic hydroxyl groups is 1. The molecule has 22 heavy (non-hydrogen) atoms. The first kappa shape index (κ1) is 14.8. The van der Waals surface area contributed by atoms with Gasteiger partial charge >= 0.3 is 0 Å². The third-order valence-electron chi connectivity index (χ3n) is 4.13. The maximum absolute atomic E-state index is 12.2. The van der Waals surface area contributed by atoms with Crippen LogP contribution in [0.3, 0.4) is 0 Å². The average molecular weight is 299 g/mol. The number of carbonyl (C=O) groups excluding carboxylic acids is 1. The molecule has 2 aliphatic rings. The molecular weight excluding hydrogens is 278 g/mol. The van der Waals surface area contributed by atoms with E-state index >= 15 is 0 Å². The van der Waals surface area contributed by atoms with Crippen LogP contribution >= 0.6 is 0 Å². The lowest BCUT2D eigenvalue weighted by Crippen LogP contribution is -2.32. The van der Waals surface area contributed by atoms with Crippen LogP contribution < -0.4 is 10.3 Å². The van der Waals surface area contributed by atoms with Crippen molar-refractivity contribution >= 4 is 17.3 Å². The van der Waals surface area contributed by atoms with Gasteiger partial charge in [-0.2, -0.15) is 5.10 Å². The zero-order chi connectivity index (χ0) is 15.5. The van der Waals surface area contributed by atoms with Crippen LogP contribution in [0.1, 0.15) is 30.1 Å². The Morgan fingerprint density at radius 2 is 2.14 bits per heavy atom. The van der Waals surface area contributed by atoms with E-state index in [2.05, 4.69) is 10.4 Å². The van der Waals surface area contributed by atoms with Gasteiger partial charge in [0.25, 0.3) is 5.91 Å². The zero-order valence-corrected chi connectivity index (χ0v) is 12.7. The molecule has 0 fully saturated rings. The molecule has 1 heterocycles. The molecule has 1 aliphatic heterocycles. The van der Waals surface area contributed by atoms with Gasteiger partial charge in [-0.1, -0.05) is 12.2 Å². The van der Waals surface area contributed by atoms with E-state index in [1.807, 2.05) is 48.4 Å². The first-order valence-corrected chi connectivity index (χ1v) is 7.67. The Bertz CT molecular complexity index is 607. The summed E-state index contributed by atoms with van der Waals surface area (Å²) in [7, 11) is 0. The van der Waals surface area contributed by atoms with E-state index in [0.717, 1.165) is 30.8 Å². The molecule has 1 aromatic carbocycles. The standard InChI is InChI=1S/C17H21N3O2/c1-12-8-9-20(19-12)16-6-3-14(4-7-16)17(22)18-15-5-2-13(10-15)11-21/h2-7,13,15,21H,8-11H2,1H3,(H,18,22)/t13-,15+/m0/s1. The number of rotatable bonds is 4. The fraction of sp³-hybridized carbons (Fsp3) is 0.412. The molecule has 0 unspecified atom stereocenters. The first-order valence-electron chi connectivity index (χ1n) is 7.67. The van der Waals surface area contributed by atoms with Crippen molar-refractivity contribution in [2.45, 2.75) is 25.8 Å². The van der Waals surface area contributed by atoms with Crippen molar-refractivity contribution in [3.8, 4) is 0 Å². The van der Waals surface area contributed by atoms with Gasteiger partial charge in [0.1, 0.15) is 0 Å². The van der Waals surface area contributed by atoms with Crippen LogP contribution in [0.4, 0.5) is 5.69 Å². The molecule has 0 aromatic heterocycles. The van der Waals surface area contributed by atoms with Crippen LogP contribution in [0.15, 0.2) is 41.5 Å². The summed E-state index contributed by atoms with van der Waals surface area (Å²) >= 11 is 0. The summed E-state index contributed by atoms with van der Waals surface area (Å²) in [6, 6.07) is 7.53. The first-order chi connectivity index (χ1) is 10.7. The molecule has 0 saturated carbocycles. The summed E-state index contributed by atoms with van der Waals surface area (Å²) in [6.07, 6.45) is 5.67. The summed E-state index contributed by atoms with van der Waals surface area (Å²) in [5, 5.41) is 18.5. The van der Waals surface area contributed by atoms with Gasteiger partial charge < -0.3 is 10.4 Å². The Morgan fingerprint density at radius 3 is 2.73 bits per heavy atom. The molecule has 0 radical (unpaired) electrons. The largest absolute Gasteiger partial charge is 0.396 e. The van der Waals surface area contributed by atoms with E-state index in [1.165, 1.54) is 0 Å². The molecule has 3 rings (SSSR count). The smallest absolute Gasteiger partial charge is 0.251 e. The Balaban J connectivity index is 1.61. The maximum atomic E-state index is 12.2. The predicted octanol–water partition coefficient (Wildman–Crippen LogP) is 1.94. The highest BCUT2D eigenvalue weighted by atomic mass is 16.3. The van der Waals surface area contributed by atoms with Gasteiger partial charge in [0.2, 0.25) is 0 Å². The van der Waals surface area contributed by atoms with Crippen molar-refractivity contribution < 1.29 is 9.90 Å². The molecule has 2 atom stereocenters.